The van der Waals surface area contributed by atoms with Crippen molar-refractivity contribution in [2.75, 3.05) is 0 Å². The minimum Gasteiger partial charge on any atom is -0.488 e. The summed E-state index contributed by atoms with van der Waals surface area (Å²) in [5.74, 6) is 0.452. The second kappa shape index (κ2) is 9.65. The van der Waals surface area contributed by atoms with E-state index in [9.17, 15) is 25.5 Å². The molecule has 0 atom stereocenters. The van der Waals surface area contributed by atoms with Gasteiger partial charge in [-0.15, -0.1) is 0 Å². The van der Waals surface area contributed by atoms with Gasteiger partial charge in [-0.1, -0.05) is 40.2 Å². The van der Waals surface area contributed by atoms with E-state index in [0.29, 0.717) is 22.4 Å². The van der Waals surface area contributed by atoms with Crippen LogP contribution in [-0.2, 0) is 6.61 Å². The molecule has 0 aromatic heterocycles. The third kappa shape index (κ3) is 5.52. The smallest absolute Gasteiger partial charge is 0.270 e. The molecule has 3 aromatic carbocycles. The zero-order valence-corrected chi connectivity index (χ0v) is 17.5. The van der Waals surface area contributed by atoms with E-state index < -0.39 is 9.85 Å². The van der Waals surface area contributed by atoms with Crippen molar-refractivity contribution in [3.63, 3.8) is 0 Å². The van der Waals surface area contributed by atoms with Crippen LogP contribution in [0.3, 0.4) is 0 Å². The summed E-state index contributed by atoms with van der Waals surface area (Å²) >= 11 is 3.38. The molecule has 0 N–H and O–H groups in total. The van der Waals surface area contributed by atoms with Gasteiger partial charge in [-0.2, -0.15) is 5.26 Å². The average Bonchev–Trinajstić information content (AvgIpc) is 2.77. The number of allylic oxidation sites excluding steroid dienone is 1. The lowest BCUT2D eigenvalue weighted by atomic mass is 10.0. The van der Waals surface area contributed by atoms with E-state index in [4.69, 9.17) is 4.74 Å². The molecule has 8 nitrogen and oxygen atoms in total. The lowest BCUT2D eigenvalue weighted by Gasteiger charge is -2.11. The highest BCUT2D eigenvalue weighted by Gasteiger charge is 2.12. The zero-order chi connectivity index (χ0) is 22.4. The third-order valence-electron chi connectivity index (χ3n) is 4.28. The number of non-ortho nitro benzene ring substituents is 2. The maximum atomic E-state index is 11.0. The predicted octanol–water partition coefficient (Wildman–Crippen LogP) is 5.91. The monoisotopic (exact) mass is 479 g/mol. The maximum absolute atomic E-state index is 11.0. The molecule has 0 unspecified atom stereocenters. The average molecular weight is 480 g/mol. The summed E-state index contributed by atoms with van der Waals surface area (Å²) in [6.45, 7) is 0.0862. The van der Waals surface area contributed by atoms with Crippen LogP contribution in [0.1, 0.15) is 16.7 Å². The number of hydrogen-bond donors (Lipinski definition) is 0. The fourth-order valence-corrected chi connectivity index (χ4v) is 3.19. The maximum Gasteiger partial charge on any atom is 0.270 e. The van der Waals surface area contributed by atoms with Gasteiger partial charge in [0.25, 0.3) is 11.4 Å². The quantitative estimate of drug-likeness (QED) is 0.180. The molecule has 0 amide bonds. The van der Waals surface area contributed by atoms with Gasteiger partial charge in [0.05, 0.1) is 21.5 Å². The van der Waals surface area contributed by atoms with E-state index in [1.165, 1.54) is 30.3 Å². The minimum absolute atomic E-state index is 0.0329. The molecule has 0 aliphatic heterocycles. The van der Waals surface area contributed by atoms with Crippen LogP contribution >= 0.6 is 15.9 Å². The van der Waals surface area contributed by atoms with Crippen LogP contribution in [0.15, 0.2) is 71.2 Å². The topological polar surface area (TPSA) is 119 Å². The molecule has 0 bridgehead atoms. The highest BCUT2D eigenvalue weighted by atomic mass is 79.9. The molecule has 0 saturated heterocycles. The molecule has 9 heteroatoms. The molecule has 0 radical (unpaired) electrons. The van der Waals surface area contributed by atoms with Gasteiger partial charge >= 0.3 is 0 Å². The molecular formula is C22H14BrN3O5. The molecule has 3 rings (SSSR count). The standard InChI is InChI=1S/C22H14BrN3O5/c23-19-7-8-22(31-14-15-3-1-5-20(9-15)25(27)28)17(11-19)10-18(13-24)16-4-2-6-21(12-16)26(29)30/h1-12H,14H2. The highest BCUT2D eigenvalue weighted by molar-refractivity contribution is 9.10. The van der Waals surface area contributed by atoms with Gasteiger partial charge in [0.2, 0.25) is 0 Å². The number of ether oxygens (including phenoxy) is 1. The van der Waals surface area contributed by atoms with Crippen LogP contribution in [0.5, 0.6) is 5.75 Å². The van der Waals surface area contributed by atoms with Gasteiger partial charge in [-0.3, -0.25) is 20.2 Å². The molecule has 0 saturated carbocycles. The summed E-state index contributed by atoms with van der Waals surface area (Å²) in [7, 11) is 0. The Bertz CT molecular complexity index is 1230. The van der Waals surface area contributed by atoms with E-state index >= 15 is 0 Å². The van der Waals surface area contributed by atoms with Crippen LogP contribution in [0.4, 0.5) is 11.4 Å². The van der Waals surface area contributed by atoms with Crippen molar-refractivity contribution in [2.24, 2.45) is 0 Å². The number of rotatable bonds is 7. The van der Waals surface area contributed by atoms with Crippen molar-refractivity contribution in [1.82, 2.24) is 0 Å². The van der Waals surface area contributed by atoms with Gasteiger partial charge in [0.1, 0.15) is 12.4 Å². The Labute approximate surface area is 185 Å². The Morgan fingerprint density at radius 1 is 1.00 bits per heavy atom. The van der Waals surface area contributed by atoms with Gasteiger partial charge in [0, 0.05) is 34.3 Å². The van der Waals surface area contributed by atoms with Crippen LogP contribution in [-0.4, -0.2) is 9.85 Å². The molecule has 3 aromatic rings. The number of nitrogens with zero attached hydrogens (tertiary/aromatic N) is 3. The number of nitriles is 1. The predicted molar refractivity (Wildman–Crippen MR) is 118 cm³/mol. The van der Waals surface area contributed by atoms with E-state index in [2.05, 4.69) is 22.0 Å². The van der Waals surface area contributed by atoms with Crippen molar-refractivity contribution >= 4 is 39.0 Å². The molecule has 31 heavy (non-hydrogen) atoms. The fraction of sp³-hybridized carbons (Fsp3) is 0.0455. The number of hydrogen-bond acceptors (Lipinski definition) is 6. The minimum atomic E-state index is -0.523. The Morgan fingerprint density at radius 2 is 1.68 bits per heavy atom. The molecular weight excluding hydrogens is 466 g/mol. The van der Waals surface area contributed by atoms with Crippen molar-refractivity contribution in [2.45, 2.75) is 6.61 Å². The molecule has 0 spiro atoms. The zero-order valence-electron chi connectivity index (χ0n) is 15.9. The summed E-state index contributed by atoms with van der Waals surface area (Å²) in [5.41, 5.74) is 1.67. The molecule has 154 valence electrons. The van der Waals surface area contributed by atoms with Crippen molar-refractivity contribution in [1.29, 1.82) is 5.26 Å². The first-order valence-corrected chi connectivity index (χ1v) is 9.69. The van der Waals surface area contributed by atoms with E-state index in [1.54, 1.807) is 42.5 Å². The first kappa shape index (κ1) is 21.7. The van der Waals surface area contributed by atoms with Gasteiger partial charge in [-0.25, -0.2) is 0 Å². The number of nitro groups is 2. The summed E-state index contributed by atoms with van der Waals surface area (Å²) in [6, 6.07) is 19.2. The first-order valence-electron chi connectivity index (χ1n) is 8.89. The van der Waals surface area contributed by atoms with E-state index in [-0.39, 0.29) is 23.6 Å². The summed E-state index contributed by atoms with van der Waals surface area (Å²) in [6.07, 6.45) is 1.58. The van der Waals surface area contributed by atoms with Crippen LogP contribution in [0.2, 0.25) is 0 Å². The van der Waals surface area contributed by atoms with Crippen molar-refractivity contribution in [3.8, 4) is 11.8 Å². The molecule has 0 heterocycles. The molecule has 0 aliphatic carbocycles. The third-order valence-corrected chi connectivity index (χ3v) is 4.77. The Balaban J connectivity index is 1.93. The SMILES string of the molecule is N#CC(=Cc1cc(Br)ccc1OCc1cccc([N+](=O)[O-])c1)c1cccc([N+](=O)[O-])c1. The highest BCUT2D eigenvalue weighted by Crippen LogP contribution is 2.29. The number of benzene rings is 3. The normalized spacial score (nSPS) is 10.9. The lowest BCUT2D eigenvalue weighted by molar-refractivity contribution is -0.385. The number of nitro benzene ring substituents is 2. The van der Waals surface area contributed by atoms with Crippen LogP contribution in [0.25, 0.3) is 11.6 Å². The van der Waals surface area contributed by atoms with Crippen molar-refractivity contribution in [3.05, 3.63) is 108 Å². The molecule has 0 fully saturated rings. The van der Waals surface area contributed by atoms with Crippen molar-refractivity contribution < 1.29 is 14.6 Å². The Kier molecular flexibility index (Phi) is 6.74. The summed E-state index contributed by atoms with van der Waals surface area (Å²) in [4.78, 5) is 21.0. The fourth-order valence-electron chi connectivity index (χ4n) is 2.81. The van der Waals surface area contributed by atoms with Crippen LogP contribution < -0.4 is 4.74 Å². The second-order valence-corrected chi connectivity index (χ2v) is 7.29. The van der Waals surface area contributed by atoms with Gasteiger partial charge < -0.3 is 4.74 Å². The van der Waals surface area contributed by atoms with Crippen LogP contribution in [0, 0.1) is 31.6 Å². The summed E-state index contributed by atoms with van der Waals surface area (Å²) < 4.78 is 6.60. The van der Waals surface area contributed by atoms with Gasteiger partial charge in [0.15, 0.2) is 0 Å². The summed E-state index contributed by atoms with van der Waals surface area (Å²) in [5, 5.41) is 31.6. The Morgan fingerprint density at radius 3 is 2.35 bits per heavy atom. The lowest BCUT2D eigenvalue weighted by Crippen LogP contribution is -1.98. The first-order chi connectivity index (χ1) is 14.9. The van der Waals surface area contributed by atoms with E-state index in [0.717, 1.165) is 4.47 Å². The molecule has 0 aliphatic rings. The number of halogens is 1. The van der Waals surface area contributed by atoms with Gasteiger partial charge in [-0.05, 0) is 35.4 Å². The largest absolute Gasteiger partial charge is 0.488 e. The second-order valence-electron chi connectivity index (χ2n) is 6.38. The Hall–Kier alpha value is -4.03. The van der Waals surface area contributed by atoms with E-state index in [1.807, 2.05) is 0 Å².